The molecule has 0 aliphatic heterocycles. The van der Waals surface area contributed by atoms with Gasteiger partial charge >= 0.3 is 5.97 Å². The molecule has 8 nitrogen and oxygen atoms in total. The van der Waals surface area contributed by atoms with Crippen molar-refractivity contribution in [3.8, 4) is 5.75 Å². The first-order chi connectivity index (χ1) is 11.4. The predicted octanol–water partition coefficient (Wildman–Crippen LogP) is 1.96. The number of aryl methyl sites for hydroxylation is 1. The first kappa shape index (κ1) is 17.8. The summed E-state index contributed by atoms with van der Waals surface area (Å²) in [5.74, 6) is -0.128. The van der Waals surface area contributed by atoms with Crippen LogP contribution < -0.4 is 9.46 Å². The molecule has 2 rings (SSSR count). The van der Waals surface area contributed by atoms with Gasteiger partial charge in [-0.05, 0) is 37.6 Å². The van der Waals surface area contributed by atoms with Crippen LogP contribution in [0.25, 0.3) is 0 Å². The molecule has 0 saturated heterocycles. The van der Waals surface area contributed by atoms with Crippen LogP contribution in [-0.4, -0.2) is 38.3 Å². The van der Waals surface area contributed by atoms with E-state index < -0.39 is 16.0 Å². The van der Waals surface area contributed by atoms with Gasteiger partial charge in [0.05, 0.1) is 19.4 Å². The van der Waals surface area contributed by atoms with Crippen molar-refractivity contribution in [2.45, 2.75) is 25.3 Å². The van der Waals surface area contributed by atoms with Gasteiger partial charge in [0.2, 0.25) is 5.03 Å². The number of hydrogen-bond acceptors (Lipinski definition) is 6. The molecule has 0 radical (unpaired) electrons. The molecule has 0 saturated carbocycles. The van der Waals surface area contributed by atoms with Crippen molar-refractivity contribution < 1.29 is 22.7 Å². The van der Waals surface area contributed by atoms with Gasteiger partial charge in [-0.25, -0.2) is 4.79 Å². The van der Waals surface area contributed by atoms with E-state index >= 15 is 0 Å². The smallest absolute Gasteiger partial charge is 0.343 e. The zero-order valence-electron chi connectivity index (χ0n) is 13.6. The highest BCUT2D eigenvalue weighted by molar-refractivity contribution is 7.92. The van der Waals surface area contributed by atoms with Crippen molar-refractivity contribution in [3.63, 3.8) is 0 Å². The lowest BCUT2D eigenvalue weighted by atomic mass is 10.2. The number of sulfonamides is 1. The summed E-state index contributed by atoms with van der Waals surface area (Å²) in [6, 6.07) is 6.33. The van der Waals surface area contributed by atoms with Crippen LogP contribution in [0.5, 0.6) is 5.75 Å². The first-order valence-corrected chi connectivity index (χ1v) is 8.82. The number of ether oxygens (including phenoxy) is 2. The Morgan fingerprint density at radius 2 is 1.92 bits per heavy atom. The number of hydrogen-bond donors (Lipinski definition) is 2. The Balaban J connectivity index is 2.38. The fraction of sp³-hybridized carbons (Fsp3) is 0.333. The standard InChI is InChI=1S/C15H19N3O5S/c1-4-12-13(15(19)23-5-2)14(17-16-12)24(20,21)18-10-6-8-11(22-3)9-7-10/h6-9,18H,4-5H2,1-3H3,(H,16,17). The summed E-state index contributed by atoms with van der Waals surface area (Å²) in [5, 5.41) is 5.99. The van der Waals surface area contributed by atoms with E-state index in [-0.39, 0.29) is 17.2 Å². The normalized spacial score (nSPS) is 11.1. The van der Waals surface area contributed by atoms with Crippen LogP contribution in [0.4, 0.5) is 5.69 Å². The van der Waals surface area contributed by atoms with Gasteiger partial charge in [0.15, 0.2) is 0 Å². The lowest BCUT2D eigenvalue weighted by Gasteiger charge is -2.09. The third-order valence-electron chi connectivity index (χ3n) is 3.24. The van der Waals surface area contributed by atoms with Crippen LogP contribution in [-0.2, 0) is 21.2 Å². The molecule has 1 aromatic carbocycles. The number of nitrogens with one attached hydrogen (secondary N) is 2. The lowest BCUT2D eigenvalue weighted by Crippen LogP contribution is -2.18. The van der Waals surface area contributed by atoms with E-state index in [4.69, 9.17) is 9.47 Å². The third-order valence-corrected chi connectivity index (χ3v) is 4.55. The Bertz CT molecular complexity index is 812. The number of methoxy groups -OCH3 is 1. The Hall–Kier alpha value is -2.55. The zero-order valence-corrected chi connectivity index (χ0v) is 14.4. The molecule has 9 heteroatoms. The van der Waals surface area contributed by atoms with E-state index in [1.807, 2.05) is 0 Å². The van der Waals surface area contributed by atoms with Gasteiger partial charge in [0.1, 0.15) is 11.3 Å². The number of H-pyrrole nitrogens is 1. The summed E-state index contributed by atoms with van der Waals surface area (Å²) in [4.78, 5) is 12.1. The lowest BCUT2D eigenvalue weighted by molar-refractivity contribution is 0.0520. The quantitative estimate of drug-likeness (QED) is 0.736. The van der Waals surface area contributed by atoms with Crippen molar-refractivity contribution in [2.75, 3.05) is 18.4 Å². The minimum absolute atomic E-state index is 0.0691. The van der Waals surface area contributed by atoms with Crippen molar-refractivity contribution in [1.29, 1.82) is 0 Å². The molecule has 0 unspecified atom stereocenters. The minimum Gasteiger partial charge on any atom is -0.497 e. The number of benzene rings is 1. The Morgan fingerprint density at radius 1 is 1.25 bits per heavy atom. The second kappa shape index (κ2) is 7.35. The van der Waals surface area contributed by atoms with Gasteiger partial charge in [0, 0.05) is 5.69 Å². The van der Waals surface area contributed by atoms with E-state index in [2.05, 4.69) is 14.9 Å². The number of anilines is 1. The van der Waals surface area contributed by atoms with E-state index in [1.165, 1.54) is 7.11 Å². The number of aromatic amines is 1. The van der Waals surface area contributed by atoms with Crippen molar-refractivity contribution in [3.05, 3.63) is 35.5 Å². The average Bonchev–Trinajstić information content (AvgIpc) is 3.00. The molecule has 2 N–H and O–H groups in total. The Morgan fingerprint density at radius 3 is 2.46 bits per heavy atom. The Labute approximate surface area is 140 Å². The second-order valence-corrected chi connectivity index (χ2v) is 6.39. The third kappa shape index (κ3) is 3.67. The van der Waals surface area contributed by atoms with E-state index in [0.29, 0.717) is 23.6 Å². The summed E-state index contributed by atoms with van der Waals surface area (Å²) in [6.45, 7) is 3.56. The highest BCUT2D eigenvalue weighted by Gasteiger charge is 2.30. The van der Waals surface area contributed by atoms with Gasteiger partial charge in [-0.1, -0.05) is 6.92 Å². The maximum absolute atomic E-state index is 12.6. The highest BCUT2D eigenvalue weighted by Crippen LogP contribution is 2.23. The van der Waals surface area contributed by atoms with Crippen LogP contribution in [0.1, 0.15) is 29.9 Å². The van der Waals surface area contributed by atoms with Gasteiger partial charge in [-0.15, -0.1) is 0 Å². The SMILES string of the molecule is CCOC(=O)c1c(S(=O)(=O)Nc2ccc(OC)cc2)n[nH]c1CC. The molecule has 1 aromatic heterocycles. The molecule has 0 spiro atoms. The maximum atomic E-state index is 12.6. The van der Waals surface area contributed by atoms with E-state index in [1.54, 1.807) is 38.1 Å². The van der Waals surface area contributed by atoms with Gasteiger partial charge in [-0.3, -0.25) is 9.82 Å². The minimum atomic E-state index is -4.05. The van der Waals surface area contributed by atoms with Crippen molar-refractivity contribution >= 4 is 21.7 Å². The van der Waals surface area contributed by atoms with Gasteiger partial charge < -0.3 is 9.47 Å². The summed E-state index contributed by atoms with van der Waals surface area (Å²) in [7, 11) is -2.54. The van der Waals surface area contributed by atoms with Crippen molar-refractivity contribution in [1.82, 2.24) is 10.2 Å². The van der Waals surface area contributed by atoms with Crippen LogP contribution in [0.2, 0.25) is 0 Å². The molecule has 0 bridgehead atoms. The fourth-order valence-corrected chi connectivity index (χ4v) is 3.27. The Kier molecular flexibility index (Phi) is 5.45. The molecule has 1 heterocycles. The molecule has 2 aromatic rings. The average molecular weight is 353 g/mol. The number of nitrogens with zero attached hydrogens (tertiary/aromatic N) is 1. The second-order valence-electron chi connectivity index (χ2n) is 4.79. The van der Waals surface area contributed by atoms with Crippen LogP contribution in [0.3, 0.4) is 0 Å². The molecule has 0 aliphatic rings. The molecule has 0 amide bonds. The summed E-state index contributed by atoms with van der Waals surface area (Å²) < 4.78 is 37.5. The number of carbonyl (C=O) groups excluding carboxylic acids is 1. The molecule has 24 heavy (non-hydrogen) atoms. The summed E-state index contributed by atoms with van der Waals surface area (Å²) >= 11 is 0. The molecular weight excluding hydrogens is 334 g/mol. The summed E-state index contributed by atoms with van der Waals surface area (Å²) in [6.07, 6.45) is 0.416. The van der Waals surface area contributed by atoms with Crippen LogP contribution >= 0.6 is 0 Å². The van der Waals surface area contributed by atoms with Crippen molar-refractivity contribution in [2.24, 2.45) is 0 Å². The molecular formula is C15H19N3O5S. The molecule has 0 fully saturated rings. The molecule has 130 valence electrons. The van der Waals surface area contributed by atoms with Crippen LogP contribution in [0, 0.1) is 0 Å². The monoisotopic (exact) mass is 353 g/mol. The molecule has 0 atom stereocenters. The van der Waals surface area contributed by atoms with Gasteiger partial charge in [-0.2, -0.15) is 13.5 Å². The highest BCUT2D eigenvalue weighted by atomic mass is 32.2. The number of aromatic nitrogens is 2. The van der Waals surface area contributed by atoms with Crippen LogP contribution in [0.15, 0.2) is 29.3 Å². The number of esters is 1. The molecule has 0 aliphatic carbocycles. The topological polar surface area (TPSA) is 110 Å². The first-order valence-electron chi connectivity index (χ1n) is 7.34. The van der Waals surface area contributed by atoms with E-state index in [0.717, 1.165) is 0 Å². The fourth-order valence-electron chi connectivity index (χ4n) is 2.09. The number of rotatable bonds is 7. The predicted molar refractivity (Wildman–Crippen MR) is 87.7 cm³/mol. The summed E-state index contributed by atoms with van der Waals surface area (Å²) in [5.41, 5.74) is 0.663. The number of carbonyl (C=O) groups is 1. The van der Waals surface area contributed by atoms with E-state index in [9.17, 15) is 13.2 Å². The zero-order chi connectivity index (χ0) is 17.7. The largest absolute Gasteiger partial charge is 0.497 e. The van der Waals surface area contributed by atoms with Gasteiger partial charge in [0.25, 0.3) is 10.0 Å². The maximum Gasteiger partial charge on any atom is 0.343 e.